The number of hydrogen-bond acceptors (Lipinski definition) is 4. The average molecular weight is 335 g/mol. The number of pyridine rings is 1. The van der Waals surface area contributed by atoms with Crippen LogP contribution in [0.1, 0.15) is 5.56 Å². The SMILES string of the molecule is FC(F)(F)Oc1ccc(COc2ccc(-c3ccn[nH]3)nc2)cc1. The lowest BCUT2D eigenvalue weighted by Gasteiger charge is -2.10. The molecule has 1 N–H and O–H groups in total. The topological polar surface area (TPSA) is 60.0 Å². The number of halogens is 3. The van der Waals surface area contributed by atoms with Gasteiger partial charge in [0.05, 0.1) is 17.6 Å². The first kappa shape index (κ1) is 15.9. The van der Waals surface area contributed by atoms with Crippen molar-refractivity contribution in [1.29, 1.82) is 0 Å². The van der Waals surface area contributed by atoms with Crippen molar-refractivity contribution >= 4 is 0 Å². The van der Waals surface area contributed by atoms with E-state index in [4.69, 9.17) is 4.74 Å². The molecule has 0 atom stereocenters. The predicted molar refractivity (Wildman–Crippen MR) is 79.3 cm³/mol. The molecule has 24 heavy (non-hydrogen) atoms. The molecule has 0 radical (unpaired) electrons. The maximum absolute atomic E-state index is 12.1. The van der Waals surface area contributed by atoms with Crippen molar-refractivity contribution in [2.75, 3.05) is 0 Å². The maximum atomic E-state index is 12.1. The second-order valence-electron chi connectivity index (χ2n) is 4.83. The molecular weight excluding hydrogens is 323 g/mol. The minimum Gasteiger partial charge on any atom is -0.487 e. The Morgan fingerprint density at radius 1 is 0.958 bits per heavy atom. The molecule has 1 aromatic carbocycles. The van der Waals surface area contributed by atoms with Crippen molar-refractivity contribution in [1.82, 2.24) is 15.2 Å². The Morgan fingerprint density at radius 2 is 1.71 bits per heavy atom. The second-order valence-corrected chi connectivity index (χ2v) is 4.83. The van der Waals surface area contributed by atoms with E-state index in [9.17, 15) is 13.2 Å². The van der Waals surface area contributed by atoms with Crippen LogP contribution < -0.4 is 9.47 Å². The fraction of sp³-hybridized carbons (Fsp3) is 0.125. The predicted octanol–water partition coefficient (Wildman–Crippen LogP) is 3.95. The Kier molecular flexibility index (Phi) is 4.37. The van der Waals surface area contributed by atoms with Crippen LogP contribution in [0.3, 0.4) is 0 Å². The molecule has 0 spiro atoms. The number of ether oxygens (including phenoxy) is 2. The summed E-state index contributed by atoms with van der Waals surface area (Å²) in [7, 11) is 0. The zero-order valence-corrected chi connectivity index (χ0v) is 12.2. The van der Waals surface area contributed by atoms with E-state index >= 15 is 0 Å². The van der Waals surface area contributed by atoms with Gasteiger partial charge in [-0.15, -0.1) is 13.2 Å². The monoisotopic (exact) mass is 335 g/mol. The zero-order chi connectivity index (χ0) is 17.0. The van der Waals surface area contributed by atoms with E-state index in [2.05, 4.69) is 19.9 Å². The third-order valence-electron chi connectivity index (χ3n) is 3.08. The van der Waals surface area contributed by atoms with Crippen LogP contribution in [-0.2, 0) is 6.61 Å². The number of aromatic amines is 1. The van der Waals surface area contributed by atoms with Crippen LogP contribution in [-0.4, -0.2) is 21.5 Å². The maximum Gasteiger partial charge on any atom is 0.573 e. The van der Waals surface area contributed by atoms with E-state index in [1.807, 2.05) is 0 Å². The number of benzene rings is 1. The summed E-state index contributed by atoms with van der Waals surface area (Å²) in [5.41, 5.74) is 2.23. The second kappa shape index (κ2) is 6.61. The molecular formula is C16H12F3N3O2. The summed E-state index contributed by atoms with van der Waals surface area (Å²) in [6.07, 6.45) is -1.50. The molecule has 5 nitrogen and oxygen atoms in total. The summed E-state index contributed by atoms with van der Waals surface area (Å²) < 4.78 is 45.6. The normalized spacial score (nSPS) is 11.3. The molecule has 0 saturated carbocycles. The van der Waals surface area contributed by atoms with Gasteiger partial charge in [-0.05, 0) is 35.9 Å². The highest BCUT2D eigenvalue weighted by Crippen LogP contribution is 2.23. The summed E-state index contributed by atoms with van der Waals surface area (Å²) in [5, 5.41) is 6.66. The van der Waals surface area contributed by atoms with E-state index in [0.717, 1.165) is 11.4 Å². The van der Waals surface area contributed by atoms with Gasteiger partial charge in [0, 0.05) is 6.20 Å². The van der Waals surface area contributed by atoms with E-state index in [1.165, 1.54) is 24.3 Å². The largest absolute Gasteiger partial charge is 0.573 e. The first-order chi connectivity index (χ1) is 11.5. The molecule has 2 aromatic heterocycles. The number of aromatic nitrogens is 3. The van der Waals surface area contributed by atoms with Crippen molar-refractivity contribution in [3.63, 3.8) is 0 Å². The molecule has 0 fully saturated rings. The molecule has 124 valence electrons. The molecule has 0 aliphatic rings. The first-order valence-corrected chi connectivity index (χ1v) is 6.93. The standard InChI is InChI=1S/C16H12F3N3O2/c17-16(18,19)24-12-3-1-11(2-4-12)10-23-13-5-6-14(20-9-13)15-7-8-21-22-15/h1-9H,10H2,(H,21,22). The van der Waals surface area contributed by atoms with Crippen LogP contribution >= 0.6 is 0 Å². The summed E-state index contributed by atoms with van der Waals surface area (Å²) in [6, 6.07) is 10.8. The Hall–Kier alpha value is -3.03. The van der Waals surface area contributed by atoms with E-state index in [-0.39, 0.29) is 12.4 Å². The van der Waals surface area contributed by atoms with Crippen LogP contribution in [0.2, 0.25) is 0 Å². The van der Waals surface area contributed by atoms with E-state index < -0.39 is 6.36 Å². The highest BCUT2D eigenvalue weighted by Gasteiger charge is 2.30. The highest BCUT2D eigenvalue weighted by molar-refractivity contribution is 5.53. The molecule has 0 aliphatic carbocycles. The number of rotatable bonds is 5. The van der Waals surface area contributed by atoms with Gasteiger partial charge >= 0.3 is 6.36 Å². The van der Waals surface area contributed by atoms with Crippen molar-refractivity contribution in [3.05, 3.63) is 60.4 Å². The molecule has 3 aromatic rings. The van der Waals surface area contributed by atoms with Crippen LogP contribution in [0.5, 0.6) is 11.5 Å². The average Bonchev–Trinajstić information content (AvgIpc) is 3.08. The van der Waals surface area contributed by atoms with E-state index in [1.54, 1.807) is 30.6 Å². The fourth-order valence-corrected chi connectivity index (χ4v) is 1.98. The highest BCUT2D eigenvalue weighted by atomic mass is 19.4. The van der Waals surface area contributed by atoms with Gasteiger partial charge in [-0.25, -0.2) is 0 Å². The summed E-state index contributed by atoms with van der Waals surface area (Å²) in [4.78, 5) is 4.25. The van der Waals surface area contributed by atoms with Gasteiger partial charge in [-0.2, -0.15) is 5.10 Å². The van der Waals surface area contributed by atoms with Crippen molar-refractivity contribution in [2.45, 2.75) is 13.0 Å². The molecule has 0 saturated heterocycles. The third-order valence-corrected chi connectivity index (χ3v) is 3.08. The molecule has 8 heteroatoms. The quantitative estimate of drug-likeness (QED) is 0.767. The molecule has 2 heterocycles. The molecule has 0 bridgehead atoms. The number of H-pyrrole nitrogens is 1. The summed E-state index contributed by atoms with van der Waals surface area (Å²) >= 11 is 0. The number of alkyl halides is 3. The fourth-order valence-electron chi connectivity index (χ4n) is 1.98. The van der Waals surface area contributed by atoms with Gasteiger partial charge in [0.15, 0.2) is 0 Å². The summed E-state index contributed by atoms with van der Waals surface area (Å²) in [5.74, 6) is 0.283. The zero-order valence-electron chi connectivity index (χ0n) is 12.2. The smallest absolute Gasteiger partial charge is 0.487 e. The third kappa shape index (κ3) is 4.25. The van der Waals surface area contributed by atoms with Crippen molar-refractivity contribution in [3.8, 4) is 22.9 Å². The van der Waals surface area contributed by atoms with Gasteiger partial charge in [0.25, 0.3) is 0 Å². The summed E-state index contributed by atoms with van der Waals surface area (Å²) in [6.45, 7) is 0.206. The minimum absolute atomic E-state index is 0.206. The lowest BCUT2D eigenvalue weighted by Crippen LogP contribution is -2.17. The molecule has 0 unspecified atom stereocenters. The van der Waals surface area contributed by atoms with E-state index in [0.29, 0.717) is 11.3 Å². The van der Waals surface area contributed by atoms with Crippen molar-refractivity contribution < 1.29 is 22.6 Å². The van der Waals surface area contributed by atoms with Gasteiger partial charge in [0.1, 0.15) is 18.1 Å². The molecule has 0 aliphatic heterocycles. The number of nitrogens with zero attached hydrogens (tertiary/aromatic N) is 2. The molecule has 3 rings (SSSR count). The Bertz CT molecular complexity index is 770. The van der Waals surface area contributed by atoms with Crippen LogP contribution in [0.15, 0.2) is 54.9 Å². The number of nitrogens with one attached hydrogen (secondary N) is 1. The van der Waals surface area contributed by atoms with Gasteiger partial charge < -0.3 is 9.47 Å². The number of hydrogen-bond donors (Lipinski definition) is 1. The van der Waals surface area contributed by atoms with Gasteiger partial charge in [-0.1, -0.05) is 12.1 Å². The minimum atomic E-state index is -4.69. The van der Waals surface area contributed by atoms with Gasteiger partial charge in [-0.3, -0.25) is 10.1 Å². The first-order valence-electron chi connectivity index (χ1n) is 6.93. The van der Waals surface area contributed by atoms with Crippen molar-refractivity contribution in [2.24, 2.45) is 0 Å². The van der Waals surface area contributed by atoms with Crippen LogP contribution in [0.25, 0.3) is 11.4 Å². The lowest BCUT2D eigenvalue weighted by atomic mass is 10.2. The van der Waals surface area contributed by atoms with Gasteiger partial charge in [0.2, 0.25) is 0 Å². The Labute approximate surface area is 135 Å². The Morgan fingerprint density at radius 3 is 2.29 bits per heavy atom. The lowest BCUT2D eigenvalue weighted by molar-refractivity contribution is -0.274. The van der Waals surface area contributed by atoms with Crippen LogP contribution in [0, 0.1) is 0 Å². The molecule has 0 amide bonds. The Balaban J connectivity index is 1.57. The van der Waals surface area contributed by atoms with Crippen LogP contribution in [0.4, 0.5) is 13.2 Å².